The van der Waals surface area contributed by atoms with Crippen LogP contribution in [0.4, 0.5) is 5.69 Å². The summed E-state index contributed by atoms with van der Waals surface area (Å²) < 4.78 is 0. The first-order valence-electron chi connectivity index (χ1n) is 6.31. The second-order valence-electron chi connectivity index (χ2n) is 4.79. The number of nitrogens with two attached hydrogens (primary N) is 1. The molecule has 102 valence electrons. The molecule has 1 aromatic carbocycles. The molecule has 0 saturated carbocycles. The summed E-state index contributed by atoms with van der Waals surface area (Å²) in [5.41, 5.74) is 10.3. The summed E-state index contributed by atoms with van der Waals surface area (Å²) in [6.07, 6.45) is 0. The number of carbonyl (C=O) groups excluding carboxylic acids is 1. The minimum atomic E-state index is -0.106. The fourth-order valence-corrected chi connectivity index (χ4v) is 2.97. The lowest BCUT2D eigenvalue weighted by Gasteiger charge is -2.03. The Kier molecular flexibility index (Phi) is 3.20. The molecule has 0 bridgehead atoms. The van der Waals surface area contributed by atoms with Gasteiger partial charge in [0.05, 0.1) is 0 Å². The van der Waals surface area contributed by atoms with Crippen LogP contribution in [0.25, 0.3) is 10.9 Å². The van der Waals surface area contributed by atoms with Crippen LogP contribution in [0.5, 0.6) is 0 Å². The molecule has 2 aromatic heterocycles. The molecule has 0 fully saturated rings. The highest BCUT2D eigenvalue weighted by Crippen LogP contribution is 2.18. The third-order valence-corrected chi connectivity index (χ3v) is 4.20. The number of carbonyl (C=O) groups is 1. The number of thiophene rings is 1. The van der Waals surface area contributed by atoms with Crippen molar-refractivity contribution < 1.29 is 4.79 Å². The molecule has 0 saturated heterocycles. The zero-order valence-electron chi connectivity index (χ0n) is 11.1. The summed E-state index contributed by atoms with van der Waals surface area (Å²) in [6, 6.07) is 7.37. The smallest absolute Gasteiger partial charge is 0.267 e. The molecule has 0 aliphatic rings. The van der Waals surface area contributed by atoms with E-state index < -0.39 is 0 Å². The number of fused-ring (bicyclic) bond motifs is 1. The highest BCUT2D eigenvalue weighted by molar-refractivity contribution is 7.08. The molecule has 4 nitrogen and oxygen atoms in total. The Labute approximate surface area is 120 Å². The van der Waals surface area contributed by atoms with Gasteiger partial charge in [0.25, 0.3) is 5.91 Å². The maximum atomic E-state index is 12.1. The number of H-pyrrole nitrogens is 1. The largest absolute Gasteiger partial charge is 0.399 e. The molecule has 20 heavy (non-hydrogen) atoms. The Balaban J connectivity index is 1.77. The third-order valence-electron chi connectivity index (χ3n) is 3.29. The molecule has 3 aromatic rings. The van der Waals surface area contributed by atoms with Gasteiger partial charge in [0.1, 0.15) is 5.69 Å². The lowest BCUT2D eigenvalue weighted by Crippen LogP contribution is -2.23. The number of aryl methyl sites for hydroxylation is 1. The predicted octanol–water partition coefficient (Wildman–Crippen LogP) is 3.05. The Morgan fingerprint density at radius 3 is 2.95 bits per heavy atom. The van der Waals surface area contributed by atoms with Crippen LogP contribution < -0.4 is 11.1 Å². The molecular weight excluding hydrogens is 270 g/mol. The van der Waals surface area contributed by atoms with Gasteiger partial charge in [0.2, 0.25) is 0 Å². The number of nitrogens with one attached hydrogen (secondary N) is 2. The topological polar surface area (TPSA) is 70.9 Å². The summed E-state index contributed by atoms with van der Waals surface area (Å²) in [5.74, 6) is -0.106. The van der Waals surface area contributed by atoms with Crippen molar-refractivity contribution in [1.82, 2.24) is 10.3 Å². The molecule has 0 aliphatic heterocycles. The van der Waals surface area contributed by atoms with Crippen molar-refractivity contribution in [2.75, 3.05) is 5.73 Å². The van der Waals surface area contributed by atoms with Crippen LogP contribution in [0.1, 0.15) is 21.6 Å². The van der Waals surface area contributed by atoms with Crippen molar-refractivity contribution in [3.8, 4) is 0 Å². The van der Waals surface area contributed by atoms with Gasteiger partial charge >= 0.3 is 0 Å². The van der Waals surface area contributed by atoms with E-state index in [1.54, 1.807) is 11.3 Å². The summed E-state index contributed by atoms with van der Waals surface area (Å²) >= 11 is 1.65. The number of aromatic nitrogens is 1. The van der Waals surface area contributed by atoms with E-state index >= 15 is 0 Å². The lowest BCUT2D eigenvalue weighted by molar-refractivity contribution is 0.0947. The molecule has 2 heterocycles. The number of nitrogen functional groups attached to an aromatic ring is 1. The van der Waals surface area contributed by atoms with Crippen LogP contribution in [-0.4, -0.2) is 10.9 Å². The Bertz CT molecular complexity index is 772. The van der Waals surface area contributed by atoms with Gasteiger partial charge < -0.3 is 16.0 Å². The first kappa shape index (κ1) is 12.7. The van der Waals surface area contributed by atoms with Gasteiger partial charge in [-0.1, -0.05) is 0 Å². The molecule has 0 atom stereocenters. The standard InChI is InChI=1S/C15H15N3OS/c1-9-7-20-8-11(9)6-17-15(19)14-5-10-4-12(16)2-3-13(10)18-14/h2-5,7-8,18H,6,16H2,1H3,(H,17,19). The minimum absolute atomic E-state index is 0.106. The average Bonchev–Trinajstić information content (AvgIpc) is 3.01. The Hall–Kier alpha value is -2.27. The Morgan fingerprint density at radius 2 is 2.20 bits per heavy atom. The first-order valence-corrected chi connectivity index (χ1v) is 7.26. The molecule has 0 unspecified atom stereocenters. The zero-order chi connectivity index (χ0) is 14.1. The second-order valence-corrected chi connectivity index (χ2v) is 5.54. The SMILES string of the molecule is Cc1cscc1CNC(=O)c1cc2cc(N)ccc2[nH]1. The maximum Gasteiger partial charge on any atom is 0.267 e. The van der Waals surface area contributed by atoms with E-state index in [9.17, 15) is 4.79 Å². The van der Waals surface area contributed by atoms with Crippen LogP contribution in [0.3, 0.4) is 0 Å². The van der Waals surface area contributed by atoms with Crippen molar-refractivity contribution in [3.05, 3.63) is 51.8 Å². The fourth-order valence-electron chi connectivity index (χ4n) is 2.11. The van der Waals surface area contributed by atoms with Crippen molar-refractivity contribution in [2.45, 2.75) is 13.5 Å². The van der Waals surface area contributed by atoms with E-state index in [1.165, 1.54) is 5.56 Å². The van der Waals surface area contributed by atoms with Gasteiger partial charge in [0.15, 0.2) is 0 Å². The molecule has 0 spiro atoms. The molecule has 0 aliphatic carbocycles. The maximum absolute atomic E-state index is 12.1. The van der Waals surface area contributed by atoms with E-state index in [2.05, 4.69) is 21.1 Å². The quantitative estimate of drug-likeness (QED) is 0.647. The highest BCUT2D eigenvalue weighted by atomic mass is 32.1. The van der Waals surface area contributed by atoms with Gasteiger partial charge in [-0.05, 0) is 53.1 Å². The highest BCUT2D eigenvalue weighted by Gasteiger charge is 2.10. The first-order chi connectivity index (χ1) is 9.63. The summed E-state index contributed by atoms with van der Waals surface area (Å²) in [6.45, 7) is 2.59. The van der Waals surface area contributed by atoms with Crippen LogP contribution in [0.2, 0.25) is 0 Å². The van der Waals surface area contributed by atoms with Gasteiger partial charge in [-0.3, -0.25) is 4.79 Å². The molecule has 4 N–H and O–H groups in total. The molecule has 5 heteroatoms. The Morgan fingerprint density at radius 1 is 1.35 bits per heavy atom. The summed E-state index contributed by atoms with van der Waals surface area (Å²) in [5, 5.41) is 8.00. The number of anilines is 1. The van der Waals surface area contributed by atoms with Crippen molar-refractivity contribution in [3.63, 3.8) is 0 Å². The van der Waals surface area contributed by atoms with Gasteiger partial charge in [0, 0.05) is 23.1 Å². The lowest BCUT2D eigenvalue weighted by atomic mass is 10.2. The van der Waals surface area contributed by atoms with E-state index in [0.717, 1.165) is 16.5 Å². The number of hydrogen-bond acceptors (Lipinski definition) is 3. The van der Waals surface area contributed by atoms with Crippen molar-refractivity contribution in [1.29, 1.82) is 0 Å². The normalized spacial score (nSPS) is 10.8. The summed E-state index contributed by atoms with van der Waals surface area (Å²) in [7, 11) is 0. The number of rotatable bonds is 3. The predicted molar refractivity (Wildman–Crippen MR) is 82.9 cm³/mol. The van der Waals surface area contributed by atoms with Crippen molar-refractivity contribution in [2.24, 2.45) is 0 Å². The van der Waals surface area contributed by atoms with E-state index in [1.807, 2.05) is 31.2 Å². The van der Waals surface area contributed by atoms with Gasteiger partial charge in [-0.15, -0.1) is 0 Å². The monoisotopic (exact) mass is 285 g/mol. The molecule has 3 rings (SSSR count). The van der Waals surface area contributed by atoms with Crippen LogP contribution in [0, 0.1) is 6.92 Å². The third kappa shape index (κ3) is 2.40. The van der Waals surface area contributed by atoms with E-state index in [-0.39, 0.29) is 5.91 Å². The second kappa shape index (κ2) is 5.02. The summed E-state index contributed by atoms with van der Waals surface area (Å²) in [4.78, 5) is 15.2. The molecule has 1 amide bonds. The number of benzene rings is 1. The average molecular weight is 285 g/mol. The van der Waals surface area contributed by atoms with Gasteiger partial charge in [-0.2, -0.15) is 11.3 Å². The number of aromatic amines is 1. The van der Waals surface area contributed by atoms with Crippen LogP contribution >= 0.6 is 11.3 Å². The van der Waals surface area contributed by atoms with Crippen molar-refractivity contribution >= 4 is 33.8 Å². The van der Waals surface area contributed by atoms with E-state index in [0.29, 0.717) is 17.9 Å². The van der Waals surface area contributed by atoms with Crippen LogP contribution in [0.15, 0.2) is 35.0 Å². The number of amides is 1. The van der Waals surface area contributed by atoms with Gasteiger partial charge in [-0.25, -0.2) is 0 Å². The zero-order valence-corrected chi connectivity index (χ0v) is 11.9. The van der Waals surface area contributed by atoms with Crippen LogP contribution in [-0.2, 0) is 6.54 Å². The molecule has 0 radical (unpaired) electrons. The van der Waals surface area contributed by atoms with E-state index in [4.69, 9.17) is 5.73 Å². The molecular formula is C15H15N3OS. The fraction of sp³-hybridized carbons (Fsp3) is 0.133. The number of hydrogen-bond donors (Lipinski definition) is 3. The minimum Gasteiger partial charge on any atom is -0.399 e.